The normalized spacial score (nSPS) is 32.4. The third kappa shape index (κ3) is 2.50. The number of aromatic nitrogens is 2. The van der Waals surface area contributed by atoms with Crippen LogP contribution in [0.3, 0.4) is 0 Å². The van der Waals surface area contributed by atoms with Crippen molar-refractivity contribution < 1.29 is 4.79 Å². The van der Waals surface area contributed by atoms with Gasteiger partial charge in [-0.25, -0.2) is 0 Å². The summed E-state index contributed by atoms with van der Waals surface area (Å²) in [4.78, 5) is 12.5. The summed E-state index contributed by atoms with van der Waals surface area (Å²) in [7, 11) is 0. The molecular weight excluding hydrogens is 314 g/mol. The summed E-state index contributed by atoms with van der Waals surface area (Å²) in [6, 6.07) is 2.05. The van der Waals surface area contributed by atoms with Gasteiger partial charge in [0.05, 0.1) is 9.49 Å². The van der Waals surface area contributed by atoms with Crippen molar-refractivity contribution in [1.82, 2.24) is 15.5 Å². The Labute approximate surface area is 139 Å². The molecule has 1 aromatic heterocycles. The van der Waals surface area contributed by atoms with E-state index in [4.69, 9.17) is 0 Å². The van der Waals surface area contributed by atoms with Crippen LogP contribution in [-0.2, 0) is 4.79 Å². The highest BCUT2D eigenvalue weighted by atomic mass is 32.2. The Balaban J connectivity index is 1.66. The van der Waals surface area contributed by atoms with Crippen LogP contribution in [0.1, 0.15) is 43.6 Å². The largest absolute Gasteiger partial charge is 0.352 e. The fourth-order valence-electron chi connectivity index (χ4n) is 3.77. The Morgan fingerprint density at radius 3 is 2.91 bits per heavy atom. The molecule has 1 saturated heterocycles. The summed E-state index contributed by atoms with van der Waals surface area (Å²) in [6.07, 6.45) is 7.06. The molecule has 2 fully saturated rings. The molecule has 3 atom stereocenters. The fraction of sp³-hybridized carbons (Fsp3) is 0.625. The molecule has 1 aliphatic carbocycles. The van der Waals surface area contributed by atoms with Crippen molar-refractivity contribution in [2.45, 2.75) is 43.1 Å². The third-order valence-corrected chi connectivity index (χ3v) is 8.01. The second-order valence-electron chi connectivity index (χ2n) is 6.49. The molecule has 0 aromatic carbocycles. The number of carbonyl (C=O) groups is 1. The van der Waals surface area contributed by atoms with E-state index in [-0.39, 0.29) is 5.91 Å². The number of hydrogen-bond donors (Lipinski definition) is 2. The van der Waals surface area contributed by atoms with Crippen LogP contribution >= 0.6 is 23.5 Å². The zero-order chi connectivity index (χ0) is 15.1. The molecule has 118 valence electrons. The van der Waals surface area contributed by atoms with E-state index in [0.717, 1.165) is 17.8 Å². The summed E-state index contributed by atoms with van der Waals surface area (Å²) in [5.41, 5.74) is 2.19. The molecule has 2 aliphatic heterocycles. The van der Waals surface area contributed by atoms with Crippen molar-refractivity contribution in [1.29, 1.82) is 0 Å². The van der Waals surface area contributed by atoms with Crippen molar-refractivity contribution in [3.63, 3.8) is 0 Å². The SMILES string of the molecule is CC1CNC(=O)C2=C(SC3CCCC3)SC(c3ccn[nH]3)C21. The fourth-order valence-corrected chi connectivity index (χ4v) is 7.34. The molecule has 1 saturated carbocycles. The Morgan fingerprint density at radius 2 is 2.18 bits per heavy atom. The third-order valence-electron chi connectivity index (χ3n) is 4.96. The number of piperidine rings is 1. The van der Waals surface area contributed by atoms with Gasteiger partial charge in [0, 0.05) is 35.2 Å². The number of aromatic amines is 1. The van der Waals surface area contributed by atoms with Gasteiger partial charge >= 0.3 is 0 Å². The van der Waals surface area contributed by atoms with E-state index in [1.807, 2.05) is 29.7 Å². The highest BCUT2D eigenvalue weighted by molar-refractivity contribution is 8.22. The maximum Gasteiger partial charge on any atom is 0.249 e. The van der Waals surface area contributed by atoms with E-state index >= 15 is 0 Å². The number of fused-ring (bicyclic) bond motifs is 1. The van der Waals surface area contributed by atoms with Crippen LogP contribution in [0, 0.1) is 11.8 Å². The van der Waals surface area contributed by atoms with Crippen LogP contribution in [0.25, 0.3) is 0 Å². The first-order chi connectivity index (χ1) is 10.7. The van der Waals surface area contributed by atoms with Crippen LogP contribution in [0.15, 0.2) is 22.1 Å². The van der Waals surface area contributed by atoms with Crippen molar-refractivity contribution in [2.75, 3.05) is 6.54 Å². The summed E-state index contributed by atoms with van der Waals surface area (Å²) in [6.45, 7) is 3.02. The second-order valence-corrected chi connectivity index (χ2v) is 9.21. The van der Waals surface area contributed by atoms with E-state index in [9.17, 15) is 4.79 Å². The molecule has 1 aromatic rings. The molecule has 3 aliphatic rings. The van der Waals surface area contributed by atoms with Crippen LogP contribution in [0.5, 0.6) is 0 Å². The Bertz CT molecular complexity index is 593. The highest BCUT2D eigenvalue weighted by Gasteiger charge is 2.46. The van der Waals surface area contributed by atoms with Crippen LogP contribution < -0.4 is 5.32 Å². The predicted molar refractivity (Wildman–Crippen MR) is 91.5 cm³/mol. The van der Waals surface area contributed by atoms with Gasteiger partial charge in [0.2, 0.25) is 5.91 Å². The lowest BCUT2D eigenvalue weighted by Gasteiger charge is -2.31. The van der Waals surface area contributed by atoms with Gasteiger partial charge in [-0.15, -0.1) is 23.5 Å². The highest BCUT2D eigenvalue weighted by Crippen LogP contribution is 2.59. The van der Waals surface area contributed by atoms with Gasteiger partial charge in [0.1, 0.15) is 0 Å². The summed E-state index contributed by atoms with van der Waals surface area (Å²) in [5.74, 6) is 0.927. The summed E-state index contributed by atoms with van der Waals surface area (Å²) >= 11 is 3.83. The maximum absolute atomic E-state index is 12.5. The van der Waals surface area contributed by atoms with E-state index < -0.39 is 0 Å². The lowest BCUT2D eigenvalue weighted by atomic mass is 9.81. The molecule has 2 N–H and O–H groups in total. The smallest absolute Gasteiger partial charge is 0.249 e. The molecule has 1 amide bonds. The molecule has 22 heavy (non-hydrogen) atoms. The quantitative estimate of drug-likeness (QED) is 0.888. The minimum atomic E-state index is 0.151. The number of H-pyrrole nitrogens is 1. The Kier molecular flexibility index (Phi) is 3.98. The molecule has 3 unspecified atom stereocenters. The molecule has 6 heteroatoms. The first kappa shape index (κ1) is 14.7. The minimum Gasteiger partial charge on any atom is -0.352 e. The van der Waals surface area contributed by atoms with Gasteiger partial charge in [0.15, 0.2) is 0 Å². The standard InChI is InChI=1S/C16H21N3OS2/c1-9-8-17-15(20)13-12(9)14(11-6-7-18-19-11)22-16(13)21-10-4-2-3-5-10/h6-7,9-10,12,14H,2-5,8H2,1H3,(H,17,20)(H,18,19). The van der Waals surface area contributed by atoms with Gasteiger partial charge in [-0.3, -0.25) is 9.89 Å². The monoisotopic (exact) mass is 335 g/mol. The average Bonchev–Trinajstić information content (AvgIpc) is 3.23. The molecular formula is C16H21N3OS2. The first-order valence-electron chi connectivity index (χ1n) is 8.09. The second kappa shape index (κ2) is 5.96. The molecule has 0 bridgehead atoms. The minimum absolute atomic E-state index is 0.151. The van der Waals surface area contributed by atoms with Crippen LogP contribution in [0.4, 0.5) is 0 Å². The molecule has 0 spiro atoms. The average molecular weight is 335 g/mol. The van der Waals surface area contributed by atoms with Crippen LogP contribution in [0.2, 0.25) is 0 Å². The molecule has 0 radical (unpaired) electrons. The molecule has 3 heterocycles. The maximum atomic E-state index is 12.5. The summed E-state index contributed by atoms with van der Waals surface area (Å²) in [5, 5.41) is 11.3. The van der Waals surface area contributed by atoms with E-state index in [1.165, 1.54) is 29.9 Å². The van der Waals surface area contributed by atoms with E-state index in [1.54, 1.807) is 0 Å². The Morgan fingerprint density at radius 1 is 1.36 bits per heavy atom. The Hall–Kier alpha value is -0.880. The van der Waals surface area contributed by atoms with Crippen molar-refractivity contribution >= 4 is 29.4 Å². The number of thioether (sulfide) groups is 2. The van der Waals surface area contributed by atoms with Gasteiger partial charge in [-0.1, -0.05) is 19.8 Å². The van der Waals surface area contributed by atoms with Gasteiger partial charge in [-0.05, 0) is 24.8 Å². The number of rotatable bonds is 3. The van der Waals surface area contributed by atoms with Gasteiger partial charge in [-0.2, -0.15) is 5.10 Å². The number of nitrogens with one attached hydrogen (secondary N) is 2. The first-order valence-corrected chi connectivity index (χ1v) is 9.85. The number of hydrogen-bond acceptors (Lipinski definition) is 4. The zero-order valence-corrected chi connectivity index (χ0v) is 14.3. The number of carbonyl (C=O) groups excluding carboxylic acids is 1. The van der Waals surface area contributed by atoms with Crippen LogP contribution in [-0.4, -0.2) is 27.9 Å². The van der Waals surface area contributed by atoms with Crippen molar-refractivity contribution in [2.24, 2.45) is 11.8 Å². The molecule has 4 nitrogen and oxygen atoms in total. The van der Waals surface area contributed by atoms with Gasteiger partial charge in [0.25, 0.3) is 0 Å². The van der Waals surface area contributed by atoms with E-state index in [2.05, 4.69) is 28.5 Å². The van der Waals surface area contributed by atoms with Gasteiger partial charge < -0.3 is 5.32 Å². The lowest BCUT2D eigenvalue weighted by Crippen LogP contribution is -2.42. The number of amides is 1. The zero-order valence-electron chi connectivity index (χ0n) is 12.7. The summed E-state index contributed by atoms with van der Waals surface area (Å²) < 4.78 is 1.26. The lowest BCUT2D eigenvalue weighted by molar-refractivity contribution is -0.119. The molecule has 4 rings (SSSR count). The topological polar surface area (TPSA) is 57.8 Å². The van der Waals surface area contributed by atoms with Crippen molar-refractivity contribution in [3.8, 4) is 0 Å². The van der Waals surface area contributed by atoms with E-state index in [0.29, 0.717) is 22.3 Å². The predicted octanol–water partition coefficient (Wildman–Crippen LogP) is 3.47. The van der Waals surface area contributed by atoms with Crippen molar-refractivity contribution in [3.05, 3.63) is 27.8 Å². The number of nitrogens with zero attached hydrogens (tertiary/aromatic N) is 1.